The Morgan fingerprint density at radius 2 is 1.80 bits per heavy atom. The van der Waals surface area contributed by atoms with Gasteiger partial charge in [0, 0.05) is 5.56 Å². The van der Waals surface area contributed by atoms with Gasteiger partial charge < -0.3 is 4.74 Å². The van der Waals surface area contributed by atoms with Crippen molar-refractivity contribution in [1.82, 2.24) is 9.66 Å². The van der Waals surface area contributed by atoms with Crippen LogP contribution in [-0.2, 0) is 0 Å². The van der Waals surface area contributed by atoms with Crippen molar-refractivity contribution < 1.29 is 4.74 Å². The SMILES string of the molecule is CCCCOc1cccc(/C=N/n2c(-c3ccccc3)nc3ccccc3c2=O)c1. The minimum atomic E-state index is -0.203. The molecule has 5 nitrogen and oxygen atoms in total. The second-order valence-electron chi connectivity index (χ2n) is 6.95. The number of nitrogens with zero attached hydrogens (tertiary/aromatic N) is 3. The van der Waals surface area contributed by atoms with Crippen molar-refractivity contribution in [3.8, 4) is 17.1 Å². The number of unbranched alkanes of at least 4 members (excludes halogenated alkanes) is 1. The number of fused-ring (bicyclic) bond motifs is 1. The third kappa shape index (κ3) is 4.30. The first-order valence-electron chi connectivity index (χ1n) is 10.1. The quantitative estimate of drug-likeness (QED) is 0.321. The molecule has 0 spiro atoms. The largest absolute Gasteiger partial charge is 0.494 e. The summed E-state index contributed by atoms with van der Waals surface area (Å²) in [6.07, 6.45) is 3.76. The van der Waals surface area contributed by atoms with Crippen molar-refractivity contribution in [2.24, 2.45) is 5.10 Å². The van der Waals surface area contributed by atoms with Crippen LogP contribution < -0.4 is 10.3 Å². The Labute approximate surface area is 175 Å². The Balaban J connectivity index is 1.76. The van der Waals surface area contributed by atoms with Gasteiger partial charge >= 0.3 is 0 Å². The molecule has 3 aromatic carbocycles. The van der Waals surface area contributed by atoms with Crippen LogP contribution in [0.2, 0.25) is 0 Å². The van der Waals surface area contributed by atoms with Gasteiger partial charge in [0.2, 0.25) is 0 Å². The van der Waals surface area contributed by atoms with Crippen LogP contribution in [0.5, 0.6) is 5.75 Å². The van der Waals surface area contributed by atoms with Gasteiger partial charge in [0.25, 0.3) is 5.56 Å². The summed E-state index contributed by atoms with van der Waals surface area (Å²) in [5.74, 6) is 1.30. The lowest BCUT2D eigenvalue weighted by molar-refractivity contribution is 0.309. The van der Waals surface area contributed by atoms with Crippen molar-refractivity contribution in [1.29, 1.82) is 0 Å². The molecule has 0 aliphatic heterocycles. The normalized spacial score (nSPS) is 11.2. The lowest BCUT2D eigenvalue weighted by Gasteiger charge is -2.09. The maximum atomic E-state index is 13.2. The van der Waals surface area contributed by atoms with E-state index < -0.39 is 0 Å². The fraction of sp³-hybridized carbons (Fsp3) is 0.160. The number of hydrogen-bond donors (Lipinski definition) is 0. The molecule has 0 amide bonds. The number of ether oxygens (including phenoxy) is 1. The fourth-order valence-corrected chi connectivity index (χ4v) is 3.15. The predicted octanol–water partition coefficient (Wildman–Crippen LogP) is 5.12. The summed E-state index contributed by atoms with van der Waals surface area (Å²) in [4.78, 5) is 17.9. The highest BCUT2D eigenvalue weighted by Crippen LogP contribution is 2.19. The van der Waals surface area contributed by atoms with E-state index in [1.54, 1.807) is 12.3 Å². The minimum Gasteiger partial charge on any atom is -0.494 e. The molecule has 4 rings (SSSR count). The molecular weight excluding hydrogens is 374 g/mol. The molecule has 0 saturated carbocycles. The Hall–Kier alpha value is -3.73. The third-order valence-corrected chi connectivity index (χ3v) is 4.73. The number of aromatic nitrogens is 2. The highest BCUT2D eigenvalue weighted by atomic mass is 16.5. The van der Waals surface area contributed by atoms with Crippen molar-refractivity contribution in [3.63, 3.8) is 0 Å². The van der Waals surface area contributed by atoms with Gasteiger partial charge in [-0.2, -0.15) is 9.78 Å². The lowest BCUT2D eigenvalue weighted by atomic mass is 10.2. The Morgan fingerprint density at radius 1 is 1.00 bits per heavy atom. The zero-order chi connectivity index (χ0) is 20.8. The van der Waals surface area contributed by atoms with E-state index in [1.165, 1.54) is 4.68 Å². The summed E-state index contributed by atoms with van der Waals surface area (Å²) in [5.41, 5.74) is 2.13. The van der Waals surface area contributed by atoms with Crippen LogP contribution in [0.3, 0.4) is 0 Å². The second kappa shape index (κ2) is 9.18. The number of para-hydroxylation sites is 1. The van der Waals surface area contributed by atoms with Crippen molar-refractivity contribution in [2.75, 3.05) is 6.61 Å². The van der Waals surface area contributed by atoms with Gasteiger partial charge in [0.1, 0.15) is 5.75 Å². The van der Waals surface area contributed by atoms with Crippen molar-refractivity contribution in [3.05, 3.63) is 94.8 Å². The van der Waals surface area contributed by atoms with E-state index in [0.717, 1.165) is 29.7 Å². The molecule has 0 unspecified atom stereocenters. The van der Waals surface area contributed by atoms with Crippen LogP contribution >= 0.6 is 0 Å². The molecular formula is C25H23N3O2. The molecule has 1 aromatic heterocycles. The monoisotopic (exact) mass is 397 g/mol. The number of hydrogen-bond acceptors (Lipinski definition) is 4. The first kappa shape index (κ1) is 19.6. The predicted molar refractivity (Wildman–Crippen MR) is 121 cm³/mol. The molecule has 0 saturated heterocycles. The van der Waals surface area contributed by atoms with Gasteiger partial charge in [0.05, 0.1) is 23.7 Å². The molecule has 0 atom stereocenters. The van der Waals surface area contributed by atoms with Gasteiger partial charge in [-0.15, -0.1) is 0 Å². The van der Waals surface area contributed by atoms with Crippen LogP contribution in [0.1, 0.15) is 25.3 Å². The third-order valence-electron chi connectivity index (χ3n) is 4.73. The van der Waals surface area contributed by atoms with Gasteiger partial charge in [-0.3, -0.25) is 4.79 Å². The van der Waals surface area contributed by atoms with E-state index in [1.807, 2.05) is 72.8 Å². The number of rotatable bonds is 7. The highest BCUT2D eigenvalue weighted by Gasteiger charge is 2.11. The smallest absolute Gasteiger partial charge is 0.282 e. The van der Waals surface area contributed by atoms with E-state index in [9.17, 15) is 4.79 Å². The molecule has 1 heterocycles. The number of benzene rings is 3. The molecule has 0 aliphatic carbocycles. The molecule has 5 heteroatoms. The second-order valence-corrected chi connectivity index (χ2v) is 6.95. The van der Waals surface area contributed by atoms with Crippen molar-refractivity contribution >= 4 is 17.1 Å². The molecule has 4 aromatic rings. The van der Waals surface area contributed by atoms with Crippen LogP contribution in [0.25, 0.3) is 22.3 Å². The fourth-order valence-electron chi connectivity index (χ4n) is 3.15. The van der Waals surface area contributed by atoms with Crippen LogP contribution in [0.4, 0.5) is 0 Å². The summed E-state index contributed by atoms with van der Waals surface area (Å²) < 4.78 is 7.13. The van der Waals surface area contributed by atoms with Crippen LogP contribution in [0.15, 0.2) is 88.8 Å². The molecule has 0 bridgehead atoms. The average Bonchev–Trinajstić information content (AvgIpc) is 2.79. The van der Waals surface area contributed by atoms with Gasteiger partial charge in [-0.1, -0.05) is 67.9 Å². The summed E-state index contributed by atoms with van der Waals surface area (Å²) in [6.45, 7) is 2.81. The molecule has 30 heavy (non-hydrogen) atoms. The van der Waals surface area contributed by atoms with E-state index in [2.05, 4.69) is 12.0 Å². The summed E-state index contributed by atoms with van der Waals surface area (Å²) >= 11 is 0. The zero-order valence-electron chi connectivity index (χ0n) is 16.9. The highest BCUT2D eigenvalue weighted by molar-refractivity contribution is 5.82. The molecule has 0 aliphatic rings. The Morgan fingerprint density at radius 3 is 2.63 bits per heavy atom. The summed E-state index contributed by atoms with van der Waals surface area (Å²) in [7, 11) is 0. The van der Waals surface area contributed by atoms with E-state index in [-0.39, 0.29) is 5.56 Å². The minimum absolute atomic E-state index is 0.203. The summed E-state index contributed by atoms with van der Waals surface area (Å²) in [6, 6.07) is 24.6. The van der Waals surface area contributed by atoms with Gasteiger partial charge in [-0.25, -0.2) is 4.98 Å². The van der Waals surface area contributed by atoms with E-state index >= 15 is 0 Å². The van der Waals surface area contributed by atoms with Crippen LogP contribution in [0, 0.1) is 0 Å². The maximum absolute atomic E-state index is 13.2. The lowest BCUT2D eigenvalue weighted by Crippen LogP contribution is -2.20. The maximum Gasteiger partial charge on any atom is 0.282 e. The molecule has 0 radical (unpaired) electrons. The van der Waals surface area contributed by atoms with Crippen LogP contribution in [-0.4, -0.2) is 22.5 Å². The topological polar surface area (TPSA) is 56.5 Å². The molecule has 150 valence electrons. The molecule has 0 N–H and O–H groups in total. The molecule has 0 fully saturated rings. The average molecular weight is 397 g/mol. The first-order chi connectivity index (χ1) is 14.8. The Bertz CT molecular complexity index is 1230. The Kier molecular flexibility index (Phi) is 5.99. The van der Waals surface area contributed by atoms with Gasteiger partial charge in [-0.05, 0) is 36.2 Å². The van der Waals surface area contributed by atoms with Crippen molar-refractivity contribution in [2.45, 2.75) is 19.8 Å². The standard InChI is InChI=1S/C25H23N3O2/c1-2-3-16-30-21-13-9-10-19(17-21)18-26-28-24(20-11-5-4-6-12-20)27-23-15-8-7-14-22(23)25(28)29/h4-15,17-18H,2-3,16H2,1H3/b26-18+. The zero-order valence-corrected chi connectivity index (χ0v) is 16.9. The summed E-state index contributed by atoms with van der Waals surface area (Å²) in [5, 5.41) is 5.03. The first-order valence-corrected chi connectivity index (χ1v) is 10.1. The van der Waals surface area contributed by atoms with E-state index in [4.69, 9.17) is 9.72 Å². The van der Waals surface area contributed by atoms with E-state index in [0.29, 0.717) is 23.3 Å². The van der Waals surface area contributed by atoms with Gasteiger partial charge in [0.15, 0.2) is 5.82 Å².